The van der Waals surface area contributed by atoms with Crippen LogP contribution < -0.4 is 0 Å². The van der Waals surface area contributed by atoms with Crippen molar-refractivity contribution in [1.82, 2.24) is 9.47 Å². The molecule has 0 radical (unpaired) electrons. The van der Waals surface area contributed by atoms with Gasteiger partial charge in [0.15, 0.2) is 0 Å². The second-order valence-electron chi connectivity index (χ2n) is 6.33. The molecule has 0 spiro atoms. The van der Waals surface area contributed by atoms with E-state index >= 15 is 0 Å². The number of imide groups is 1. The van der Waals surface area contributed by atoms with E-state index < -0.39 is 23.7 Å². The molecule has 3 rings (SSSR count). The van der Waals surface area contributed by atoms with Gasteiger partial charge in [0, 0.05) is 16.4 Å². The number of hydrogen-bond donors (Lipinski definition) is 0. The third kappa shape index (κ3) is 4.37. The van der Waals surface area contributed by atoms with Gasteiger partial charge in [0.25, 0.3) is 11.1 Å². The summed E-state index contributed by atoms with van der Waals surface area (Å²) in [4.78, 5) is 37.5. The molecule has 1 aliphatic heterocycles. The Balaban J connectivity index is 1.94. The summed E-state index contributed by atoms with van der Waals surface area (Å²) in [5.74, 6) is -1.14. The van der Waals surface area contributed by atoms with Gasteiger partial charge in [-0.1, -0.05) is 23.2 Å². The lowest BCUT2D eigenvalue weighted by Crippen LogP contribution is -2.34. The normalized spacial score (nSPS) is 15.5. The summed E-state index contributed by atoms with van der Waals surface area (Å²) in [6.45, 7) is 5.25. The van der Waals surface area contributed by atoms with E-state index in [-0.39, 0.29) is 11.5 Å². The van der Waals surface area contributed by atoms with Crippen molar-refractivity contribution in [2.75, 3.05) is 13.2 Å². The number of carbonyl (C=O) groups is 3. The van der Waals surface area contributed by atoms with Crippen molar-refractivity contribution in [1.29, 1.82) is 0 Å². The van der Waals surface area contributed by atoms with Crippen LogP contribution in [0.2, 0.25) is 10.0 Å². The lowest BCUT2D eigenvalue weighted by Gasteiger charge is -2.12. The zero-order valence-corrected chi connectivity index (χ0v) is 18.3. The second kappa shape index (κ2) is 8.65. The maximum absolute atomic E-state index is 12.6. The Labute approximate surface area is 182 Å². The van der Waals surface area contributed by atoms with Gasteiger partial charge in [-0.15, -0.1) is 0 Å². The highest BCUT2D eigenvalue weighted by Crippen LogP contribution is 2.34. The predicted octanol–water partition coefficient (Wildman–Crippen LogP) is 5.00. The molecule has 0 bridgehead atoms. The molecule has 29 heavy (non-hydrogen) atoms. The molecule has 2 aromatic rings. The van der Waals surface area contributed by atoms with Crippen molar-refractivity contribution in [3.8, 4) is 5.69 Å². The molecule has 6 nitrogen and oxygen atoms in total. The highest BCUT2D eigenvalue weighted by atomic mass is 35.5. The van der Waals surface area contributed by atoms with Crippen molar-refractivity contribution >= 4 is 58.2 Å². The predicted molar refractivity (Wildman–Crippen MR) is 115 cm³/mol. The zero-order chi connectivity index (χ0) is 21.3. The fraction of sp³-hybridized carbons (Fsp3) is 0.250. The standard InChI is InChI=1S/C20H18Cl2N2O4S/c1-4-28-18(25)10-23-19(26)17(29-20(23)27)8-13-7-11(2)24(12(13)3)16-9-14(21)5-6-15(16)22/h5-9H,4,10H2,1-3H3/b17-8+. The smallest absolute Gasteiger partial charge is 0.326 e. The van der Waals surface area contributed by atoms with Gasteiger partial charge in [0.05, 0.1) is 22.2 Å². The van der Waals surface area contributed by atoms with Crippen LogP contribution in [0.1, 0.15) is 23.9 Å². The number of aromatic nitrogens is 1. The quantitative estimate of drug-likeness (QED) is 0.471. The van der Waals surface area contributed by atoms with E-state index in [0.717, 1.165) is 39.3 Å². The van der Waals surface area contributed by atoms with E-state index in [0.29, 0.717) is 10.0 Å². The molecule has 1 aliphatic rings. The van der Waals surface area contributed by atoms with Crippen LogP contribution in [0.5, 0.6) is 0 Å². The van der Waals surface area contributed by atoms with Crippen molar-refractivity contribution < 1.29 is 19.1 Å². The summed E-state index contributed by atoms with van der Waals surface area (Å²) in [5.41, 5.74) is 3.22. The number of benzene rings is 1. The first-order chi connectivity index (χ1) is 13.7. The fourth-order valence-corrected chi connectivity index (χ4v) is 4.27. The maximum Gasteiger partial charge on any atom is 0.326 e. The first-order valence-corrected chi connectivity index (χ1v) is 10.4. The van der Waals surface area contributed by atoms with Gasteiger partial charge < -0.3 is 9.30 Å². The average Bonchev–Trinajstić information content (AvgIpc) is 3.07. The zero-order valence-electron chi connectivity index (χ0n) is 16.0. The lowest BCUT2D eigenvalue weighted by atomic mass is 10.2. The van der Waals surface area contributed by atoms with Crippen molar-refractivity contribution in [3.63, 3.8) is 0 Å². The Hall–Kier alpha value is -2.22. The van der Waals surface area contributed by atoms with Gasteiger partial charge in [-0.2, -0.15) is 0 Å². The van der Waals surface area contributed by atoms with Crippen LogP contribution in [0, 0.1) is 13.8 Å². The van der Waals surface area contributed by atoms with Crippen LogP contribution in [0.3, 0.4) is 0 Å². The van der Waals surface area contributed by atoms with Crippen molar-refractivity contribution in [2.24, 2.45) is 0 Å². The van der Waals surface area contributed by atoms with Gasteiger partial charge in [0.2, 0.25) is 0 Å². The second-order valence-corrected chi connectivity index (χ2v) is 8.17. The number of nitrogens with zero attached hydrogens (tertiary/aromatic N) is 2. The molecule has 0 N–H and O–H groups in total. The molecule has 1 saturated heterocycles. The van der Waals surface area contributed by atoms with Gasteiger partial charge in [-0.3, -0.25) is 19.3 Å². The largest absolute Gasteiger partial charge is 0.465 e. The number of aryl methyl sites for hydroxylation is 1. The van der Waals surface area contributed by atoms with Crippen molar-refractivity contribution in [3.05, 3.63) is 56.2 Å². The molecule has 1 aromatic carbocycles. The van der Waals surface area contributed by atoms with Gasteiger partial charge in [-0.05, 0) is 68.4 Å². The van der Waals surface area contributed by atoms with E-state index in [1.807, 2.05) is 24.5 Å². The molecular formula is C20H18Cl2N2O4S. The number of hydrogen-bond acceptors (Lipinski definition) is 5. The minimum Gasteiger partial charge on any atom is -0.465 e. The Kier molecular flexibility index (Phi) is 6.41. The highest BCUT2D eigenvalue weighted by molar-refractivity contribution is 8.18. The van der Waals surface area contributed by atoms with E-state index in [9.17, 15) is 14.4 Å². The summed E-state index contributed by atoms with van der Waals surface area (Å²) in [6, 6.07) is 7.09. The number of esters is 1. The third-order valence-corrected chi connectivity index (χ3v) is 5.83. The number of thioether (sulfide) groups is 1. The summed E-state index contributed by atoms with van der Waals surface area (Å²) in [5, 5.41) is 0.594. The topological polar surface area (TPSA) is 68.6 Å². The summed E-state index contributed by atoms with van der Waals surface area (Å²) < 4.78 is 6.76. The Morgan fingerprint density at radius 3 is 2.62 bits per heavy atom. The molecule has 9 heteroatoms. The first-order valence-electron chi connectivity index (χ1n) is 8.78. The summed E-state index contributed by atoms with van der Waals surface area (Å²) >= 11 is 13.3. The van der Waals surface area contributed by atoms with E-state index in [1.54, 1.807) is 31.2 Å². The molecule has 0 aliphatic carbocycles. The van der Waals surface area contributed by atoms with Gasteiger partial charge in [-0.25, -0.2) is 0 Å². The van der Waals surface area contributed by atoms with Crippen LogP contribution in [0.25, 0.3) is 11.8 Å². The molecule has 0 atom stereocenters. The molecule has 0 unspecified atom stereocenters. The molecule has 2 amide bonds. The van der Waals surface area contributed by atoms with Crippen LogP contribution in [0.4, 0.5) is 4.79 Å². The monoisotopic (exact) mass is 452 g/mol. The minimum absolute atomic E-state index is 0.183. The number of carbonyl (C=O) groups excluding carboxylic acids is 3. The Bertz CT molecular complexity index is 1050. The summed E-state index contributed by atoms with van der Waals surface area (Å²) in [6.07, 6.45) is 1.65. The highest BCUT2D eigenvalue weighted by Gasteiger charge is 2.36. The molecule has 1 fully saturated rings. The van der Waals surface area contributed by atoms with E-state index in [1.165, 1.54) is 0 Å². The molecule has 2 heterocycles. The molecule has 1 aromatic heterocycles. The van der Waals surface area contributed by atoms with Gasteiger partial charge in [0.1, 0.15) is 6.54 Å². The maximum atomic E-state index is 12.6. The van der Waals surface area contributed by atoms with E-state index in [2.05, 4.69) is 0 Å². The molecular weight excluding hydrogens is 435 g/mol. The van der Waals surface area contributed by atoms with Crippen LogP contribution in [0.15, 0.2) is 29.2 Å². The number of rotatable bonds is 5. The SMILES string of the molecule is CCOC(=O)CN1C(=O)S/C(=C/c2cc(C)n(-c3cc(Cl)ccc3Cl)c2C)C1=O. The number of ether oxygens (including phenoxy) is 1. The van der Waals surface area contributed by atoms with Crippen LogP contribution in [-0.2, 0) is 14.3 Å². The lowest BCUT2D eigenvalue weighted by molar-refractivity contribution is -0.145. The van der Waals surface area contributed by atoms with E-state index in [4.69, 9.17) is 27.9 Å². The van der Waals surface area contributed by atoms with Crippen LogP contribution >= 0.6 is 35.0 Å². The average molecular weight is 453 g/mol. The molecule has 0 saturated carbocycles. The summed E-state index contributed by atoms with van der Waals surface area (Å²) in [7, 11) is 0. The van der Waals surface area contributed by atoms with Gasteiger partial charge >= 0.3 is 5.97 Å². The minimum atomic E-state index is -0.621. The first kappa shape index (κ1) is 21.5. The Morgan fingerprint density at radius 2 is 1.93 bits per heavy atom. The number of amides is 2. The molecule has 152 valence electrons. The third-order valence-electron chi connectivity index (χ3n) is 4.37. The van der Waals surface area contributed by atoms with Crippen LogP contribution in [-0.4, -0.2) is 39.7 Å². The fourth-order valence-electron chi connectivity index (χ4n) is 3.07. The van der Waals surface area contributed by atoms with Crippen molar-refractivity contribution in [2.45, 2.75) is 20.8 Å². The Morgan fingerprint density at radius 1 is 1.21 bits per heavy atom. The number of halogens is 2.